The molecule has 112 valence electrons. The molecule has 0 bridgehead atoms. The lowest BCUT2D eigenvalue weighted by atomic mass is 9.94. The number of nitrogens with one attached hydrogen (secondary N) is 1. The molecule has 5 heteroatoms. The van der Waals surface area contributed by atoms with E-state index in [9.17, 15) is 4.79 Å². The number of carbonyl (C=O) groups excluding carboxylic acids is 1. The van der Waals surface area contributed by atoms with Crippen LogP contribution >= 0.6 is 24.0 Å². The third-order valence-electron chi connectivity index (χ3n) is 4.23. The molecule has 1 amide bonds. The van der Waals surface area contributed by atoms with Gasteiger partial charge in [-0.05, 0) is 44.4 Å². The van der Waals surface area contributed by atoms with Gasteiger partial charge in [0, 0.05) is 17.4 Å². The van der Waals surface area contributed by atoms with Crippen molar-refractivity contribution in [3.63, 3.8) is 0 Å². The van der Waals surface area contributed by atoms with Gasteiger partial charge in [-0.2, -0.15) is 0 Å². The third kappa shape index (κ3) is 2.94. The van der Waals surface area contributed by atoms with Crippen molar-refractivity contribution in [3.8, 4) is 0 Å². The first kappa shape index (κ1) is 14.9. The molecule has 2 aliphatic rings. The summed E-state index contributed by atoms with van der Waals surface area (Å²) in [6.07, 6.45) is 7.80. The molecule has 2 fully saturated rings. The lowest BCUT2D eigenvalue weighted by Crippen LogP contribution is -2.39. The van der Waals surface area contributed by atoms with Crippen molar-refractivity contribution in [1.82, 2.24) is 9.88 Å². The predicted molar refractivity (Wildman–Crippen MR) is 92.2 cm³/mol. The van der Waals surface area contributed by atoms with Crippen LogP contribution < -0.4 is 0 Å². The number of aromatic nitrogens is 1. The van der Waals surface area contributed by atoms with Gasteiger partial charge in [-0.25, -0.2) is 0 Å². The Morgan fingerprint density at radius 3 is 2.67 bits per heavy atom. The summed E-state index contributed by atoms with van der Waals surface area (Å²) in [6, 6.07) is 2.40. The number of rotatable bonds is 2. The molecule has 2 heterocycles. The molecule has 1 saturated heterocycles. The highest BCUT2D eigenvalue weighted by Gasteiger charge is 2.37. The maximum Gasteiger partial charge on any atom is 0.266 e. The number of nitrogens with zero attached hydrogens (tertiary/aromatic N) is 1. The highest BCUT2D eigenvalue weighted by molar-refractivity contribution is 8.26. The molecule has 3 nitrogen and oxygen atoms in total. The number of aryl methyl sites for hydroxylation is 2. The third-order valence-corrected chi connectivity index (χ3v) is 5.56. The lowest BCUT2D eigenvalue weighted by Gasteiger charge is -2.29. The second kappa shape index (κ2) is 5.97. The van der Waals surface area contributed by atoms with E-state index in [2.05, 4.69) is 18.0 Å². The maximum absolute atomic E-state index is 12.7. The zero-order chi connectivity index (χ0) is 15.0. The summed E-state index contributed by atoms with van der Waals surface area (Å²) < 4.78 is 0.721. The van der Waals surface area contributed by atoms with Crippen LogP contribution in [0.5, 0.6) is 0 Å². The number of amides is 1. The van der Waals surface area contributed by atoms with Gasteiger partial charge in [0.2, 0.25) is 0 Å². The van der Waals surface area contributed by atoms with E-state index in [1.807, 2.05) is 17.9 Å². The topological polar surface area (TPSA) is 36.1 Å². The average Bonchev–Trinajstić information content (AvgIpc) is 2.91. The van der Waals surface area contributed by atoms with E-state index in [-0.39, 0.29) is 5.91 Å². The van der Waals surface area contributed by atoms with Gasteiger partial charge in [-0.1, -0.05) is 43.2 Å². The molecule has 21 heavy (non-hydrogen) atoms. The number of thiocarbonyl (C=S) groups is 1. The van der Waals surface area contributed by atoms with E-state index in [1.165, 1.54) is 31.0 Å². The van der Waals surface area contributed by atoms with Crippen molar-refractivity contribution in [2.45, 2.75) is 52.0 Å². The molecule has 0 radical (unpaired) electrons. The summed E-state index contributed by atoms with van der Waals surface area (Å²) in [5.74, 6) is 0.0866. The first-order valence-electron chi connectivity index (χ1n) is 7.49. The number of aromatic amines is 1. The van der Waals surface area contributed by atoms with Gasteiger partial charge in [-0.15, -0.1) is 0 Å². The fourth-order valence-corrected chi connectivity index (χ4v) is 4.55. The fourth-order valence-electron chi connectivity index (χ4n) is 3.16. The summed E-state index contributed by atoms with van der Waals surface area (Å²) in [5.41, 5.74) is 3.29. The minimum absolute atomic E-state index is 0.0866. The Morgan fingerprint density at radius 1 is 1.33 bits per heavy atom. The van der Waals surface area contributed by atoms with Gasteiger partial charge < -0.3 is 4.98 Å². The Bertz CT molecular complexity index is 612. The summed E-state index contributed by atoms with van der Waals surface area (Å²) in [7, 11) is 0. The zero-order valence-electron chi connectivity index (χ0n) is 12.4. The monoisotopic (exact) mass is 320 g/mol. The largest absolute Gasteiger partial charge is 0.359 e. The van der Waals surface area contributed by atoms with E-state index in [1.54, 1.807) is 0 Å². The van der Waals surface area contributed by atoms with Crippen molar-refractivity contribution in [3.05, 3.63) is 27.9 Å². The van der Waals surface area contributed by atoms with E-state index in [0.29, 0.717) is 6.04 Å². The Labute approximate surface area is 135 Å². The first-order chi connectivity index (χ1) is 10.1. The molecule has 1 N–H and O–H groups in total. The number of hydrogen-bond acceptors (Lipinski definition) is 3. The van der Waals surface area contributed by atoms with Crippen molar-refractivity contribution in [2.75, 3.05) is 0 Å². The quantitative estimate of drug-likeness (QED) is 0.656. The molecule has 0 atom stereocenters. The van der Waals surface area contributed by atoms with Crippen LogP contribution in [0.1, 0.15) is 49.1 Å². The zero-order valence-corrected chi connectivity index (χ0v) is 14.1. The van der Waals surface area contributed by atoms with Gasteiger partial charge in [-0.3, -0.25) is 9.69 Å². The van der Waals surface area contributed by atoms with E-state index in [4.69, 9.17) is 12.2 Å². The molecule has 0 unspecified atom stereocenters. The van der Waals surface area contributed by atoms with E-state index < -0.39 is 0 Å². The SMILES string of the molecule is Cc1cc(C)c(/C=C2\SC(=S)N(C3CCCCC3)C2=O)[nH]1. The summed E-state index contributed by atoms with van der Waals surface area (Å²) in [6.45, 7) is 4.08. The number of H-pyrrole nitrogens is 1. The standard InChI is InChI=1S/C16H20N2OS2/c1-10-8-11(2)17-13(10)9-14-15(19)18(16(20)21-14)12-6-4-3-5-7-12/h8-9,12,17H,3-7H2,1-2H3/b14-9-. The summed E-state index contributed by atoms with van der Waals surface area (Å²) in [5, 5.41) is 0. The van der Waals surface area contributed by atoms with Crippen LogP contribution in [0.25, 0.3) is 6.08 Å². The van der Waals surface area contributed by atoms with Gasteiger partial charge in [0.05, 0.1) is 4.91 Å². The maximum atomic E-state index is 12.7. The lowest BCUT2D eigenvalue weighted by molar-refractivity contribution is -0.124. The van der Waals surface area contributed by atoms with Crippen molar-refractivity contribution in [2.24, 2.45) is 0 Å². The Morgan fingerprint density at radius 2 is 2.05 bits per heavy atom. The number of thioether (sulfide) groups is 1. The normalized spacial score (nSPS) is 22.6. The second-order valence-corrected chi connectivity index (χ2v) is 7.57. The molecule has 1 saturated carbocycles. The van der Waals surface area contributed by atoms with Gasteiger partial charge in [0.25, 0.3) is 5.91 Å². The molecule has 1 aromatic heterocycles. The average molecular weight is 320 g/mol. The van der Waals surface area contributed by atoms with E-state index in [0.717, 1.165) is 39.0 Å². The highest BCUT2D eigenvalue weighted by atomic mass is 32.2. The first-order valence-corrected chi connectivity index (χ1v) is 8.72. The number of hydrogen-bond donors (Lipinski definition) is 1. The Balaban J connectivity index is 1.84. The van der Waals surface area contributed by atoms with Crippen molar-refractivity contribution in [1.29, 1.82) is 0 Å². The minimum Gasteiger partial charge on any atom is -0.359 e. The Hall–Kier alpha value is -1.07. The molecular weight excluding hydrogens is 300 g/mol. The fraction of sp³-hybridized carbons (Fsp3) is 0.500. The molecule has 1 aliphatic heterocycles. The van der Waals surface area contributed by atoms with Crippen molar-refractivity contribution >= 4 is 40.3 Å². The van der Waals surface area contributed by atoms with Crippen LogP contribution in [0.2, 0.25) is 0 Å². The highest BCUT2D eigenvalue weighted by Crippen LogP contribution is 2.37. The minimum atomic E-state index is 0.0866. The van der Waals surface area contributed by atoms with Crippen LogP contribution in [0.3, 0.4) is 0 Å². The van der Waals surface area contributed by atoms with Crippen LogP contribution in [-0.4, -0.2) is 26.2 Å². The van der Waals surface area contributed by atoms with Crippen molar-refractivity contribution < 1.29 is 4.79 Å². The van der Waals surface area contributed by atoms with Crippen LogP contribution in [0, 0.1) is 13.8 Å². The summed E-state index contributed by atoms with van der Waals surface area (Å²) in [4.78, 5) is 18.6. The number of carbonyl (C=O) groups is 1. The van der Waals surface area contributed by atoms with Gasteiger partial charge in [0.15, 0.2) is 0 Å². The predicted octanol–water partition coefficient (Wildman–Crippen LogP) is 4.17. The van der Waals surface area contributed by atoms with E-state index >= 15 is 0 Å². The Kier molecular flexibility index (Phi) is 4.22. The second-order valence-electron chi connectivity index (χ2n) is 5.89. The molecule has 1 aromatic rings. The molecule has 1 aliphatic carbocycles. The summed E-state index contributed by atoms with van der Waals surface area (Å²) >= 11 is 6.88. The van der Waals surface area contributed by atoms with Crippen LogP contribution in [-0.2, 0) is 4.79 Å². The molecule has 0 spiro atoms. The van der Waals surface area contributed by atoms with Crippen LogP contribution in [0.4, 0.5) is 0 Å². The smallest absolute Gasteiger partial charge is 0.266 e. The van der Waals surface area contributed by atoms with Crippen LogP contribution in [0.15, 0.2) is 11.0 Å². The van der Waals surface area contributed by atoms with Gasteiger partial charge >= 0.3 is 0 Å². The van der Waals surface area contributed by atoms with Gasteiger partial charge in [0.1, 0.15) is 4.32 Å². The molecular formula is C16H20N2OS2. The molecule has 0 aromatic carbocycles. The molecule has 3 rings (SSSR count).